The predicted molar refractivity (Wildman–Crippen MR) is 74.9 cm³/mol. The van der Waals surface area contributed by atoms with Crippen LogP contribution in [0.3, 0.4) is 0 Å². The lowest BCUT2D eigenvalue weighted by atomic mass is 10.0. The van der Waals surface area contributed by atoms with Gasteiger partial charge in [-0.3, -0.25) is 9.69 Å². The molecule has 19 heavy (non-hydrogen) atoms. The van der Waals surface area contributed by atoms with Gasteiger partial charge in [0.05, 0.1) is 6.42 Å². The van der Waals surface area contributed by atoms with Crippen LogP contribution < -0.4 is 0 Å². The molecule has 1 saturated heterocycles. The van der Waals surface area contributed by atoms with Gasteiger partial charge in [0.25, 0.3) is 0 Å². The van der Waals surface area contributed by atoms with Crippen molar-refractivity contribution in [2.75, 3.05) is 18.1 Å². The highest BCUT2D eigenvalue weighted by molar-refractivity contribution is 7.99. The van der Waals surface area contributed by atoms with E-state index in [9.17, 15) is 9.18 Å². The summed E-state index contributed by atoms with van der Waals surface area (Å²) >= 11 is 1.79. The largest absolute Gasteiger partial charge is 0.481 e. The van der Waals surface area contributed by atoms with E-state index in [2.05, 4.69) is 4.90 Å². The lowest BCUT2D eigenvalue weighted by Gasteiger charge is -2.39. The number of hydrogen-bond acceptors (Lipinski definition) is 3. The number of nitrogens with zero attached hydrogens (tertiary/aromatic N) is 1. The molecule has 1 aromatic rings. The quantitative estimate of drug-likeness (QED) is 0.922. The van der Waals surface area contributed by atoms with E-state index in [0.29, 0.717) is 0 Å². The minimum Gasteiger partial charge on any atom is -0.481 e. The third-order valence-corrected chi connectivity index (χ3v) is 4.60. The SMILES string of the molecule is CC(c1cccc(F)c1)N1CCSCC1CC(=O)O. The zero-order chi connectivity index (χ0) is 13.8. The van der Waals surface area contributed by atoms with Crippen LogP contribution in [0, 0.1) is 5.82 Å². The van der Waals surface area contributed by atoms with Crippen LogP contribution in [0.4, 0.5) is 4.39 Å². The fourth-order valence-electron chi connectivity index (χ4n) is 2.51. The number of benzene rings is 1. The molecule has 1 aliphatic heterocycles. The van der Waals surface area contributed by atoms with E-state index in [1.165, 1.54) is 12.1 Å². The maximum atomic E-state index is 13.3. The summed E-state index contributed by atoms with van der Waals surface area (Å²) in [4.78, 5) is 13.1. The second kappa shape index (κ2) is 6.39. The van der Waals surface area contributed by atoms with Crippen molar-refractivity contribution in [1.29, 1.82) is 0 Å². The summed E-state index contributed by atoms with van der Waals surface area (Å²) in [5.41, 5.74) is 0.905. The smallest absolute Gasteiger partial charge is 0.304 e. The average molecular weight is 283 g/mol. The Labute approximate surface area is 116 Å². The Morgan fingerprint density at radius 1 is 1.63 bits per heavy atom. The first-order valence-corrected chi connectivity index (χ1v) is 7.54. The standard InChI is InChI=1S/C14H18FNO2S/c1-10(11-3-2-4-12(15)7-11)16-5-6-19-9-13(16)8-14(17)18/h2-4,7,10,13H,5-6,8-9H2,1H3,(H,17,18). The fourth-order valence-corrected chi connectivity index (χ4v) is 3.60. The second-order valence-corrected chi connectivity index (χ2v) is 5.95. The molecule has 3 nitrogen and oxygen atoms in total. The third kappa shape index (κ3) is 3.70. The van der Waals surface area contributed by atoms with E-state index in [-0.39, 0.29) is 24.3 Å². The average Bonchev–Trinajstić information content (AvgIpc) is 2.38. The van der Waals surface area contributed by atoms with Gasteiger partial charge in [0.1, 0.15) is 5.82 Å². The monoisotopic (exact) mass is 283 g/mol. The topological polar surface area (TPSA) is 40.5 Å². The van der Waals surface area contributed by atoms with E-state index in [1.807, 2.05) is 13.0 Å². The second-order valence-electron chi connectivity index (χ2n) is 4.80. The van der Waals surface area contributed by atoms with Crippen molar-refractivity contribution in [3.63, 3.8) is 0 Å². The Hall–Kier alpha value is -1.07. The van der Waals surface area contributed by atoms with Crippen LogP contribution in [0.2, 0.25) is 0 Å². The molecule has 0 amide bonds. The van der Waals surface area contributed by atoms with E-state index in [0.717, 1.165) is 23.6 Å². The van der Waals surface area contributed by atoms with Gasteiger partial charge in [-0.15, -0.1) is 0 Å². The van der Waals surface area contributed by atoms with Gasteiger partial charge >= 0.3 is 5.97 Å². The number of carboxylic acid groups (broad SMARTS) is 1. The molecule has 0 spiro atoms. The molecule has 2 rings (SSSR count). The van der Waals surface area contributed by atoms with Crippen molar-refractivity contribution in [3.05, 3.63) is 35.6 Å². The van der Waals surface area contributed by atoms with E-state index in [4.69, 9.17) is 5.11 Å². The number of carboxylic acids is 1. The Balaban J connectivity index is 2.14. The molecule has 1 N–H and O–H groups in total. The molecule has 0 bridgehead atoms. The molecule has 1 aliphatic rings. The van der Waals surface area contributed by atoms with Crippen molar-refractivity contribution in [2.24, 2.45) is 0 Å². The lowest BCUT2D eigenvalue weighted by molar-refractivity contribution is -0.138. The third-order valence-electron chi connectivity index (χ3n) is 3.51. The van der Waals surface area contributed by atoms with Crippen LogP contribution in [-0.2, 0) is 4.79 Å². The molecule has 0 aliphatic carbocycles. The highest BCUT2D eigenvalue weighted by Gasteiger charge is 2.29. The Morgan fingerprint density at radius 3 is 3.11 bits per heavy atom. The minimum atomic E-state index is -0.774. The van der Waals surface area contributed by atoms with Crippen LogP contribution in [0.1, 0.15) is 24.9 Å². The van der Waals surface area contributed by atoms with Crippen LogP contribution in [-0.4, -0.2) is 40.1 Å². The first-order chi connectivity index (χ1) is 9.08. The van der Waals surface area contributed by atoms with Crippen LogP contribution >= 0.6 is 11.8 Å². The Morgan fingerprint density at radius 2 is 2.42 bits per heavy atom. The zero-order valence-electron chi connectivity index (χ0n) is 10.9. The summed E-state index contributed by atoms with van der Waals surface area (Å²) in [7, 11) is 0. The van der Waals surface area contributed by atoms with Gasteiger partial charge in [-0.25, -0.2) is 4.39 Å². The van der Waals surface area contributed by atoms with Crippen molar-refractivity contribution in [3.8, 4) is 0 Å². The number of hydrogen-bond donors (Lipinski definition) is 1. The maximum absolute atomic E-state index is 13.3. The first-order valence-electron chi connectivity index (χ1n) is 6.38. The first kappa shape index (κ1) is 14.3. The summed E-state index contributed by atoms with van der Waals surface area (Å²) in [6.45, 7) is 2.86. The molecule has 5 heteroatoms. The van der Waals surface area contributed by atoms with E-state index in [1.54, 1.807) is 17.8 Å². The predicted octanol–water partition coefficient (Wildman–Crippen LogP) is 2.78. The molecule has 0 saturated carbocycles. The van der Waals surface area contributed by atoms with Gasteiger partial charge < -0.3 is 5.11 Å². The molecule has 0 aromatic heterocycles. The molecule has 2 unspecified atom stereocenters. The van der Waals surface area contributed by atoms with Crippen molar-refractivity contribution < 1.29 is 14.3 Å². The van der Waals surface area contributed by atoms with Crippen molar-refractivity contribution in [1.82, 2.24) is 4.90 Å². The molecule has 0 radical (unpaired) electrons. The van der Waals surface area contributed by atoms with Crippen LogP contribution in [0.25, 0.3) is 0 Å². The minimum absolute atomic E-state index is 0.0227. The summed E-state index contributed by atoms with van der Waals surface area (Å²) in [6.07, 6.45) is 0.145. The number of halogens is 1. The molecule has 1 heterocycles. The fraction of sp³-hybridized carbons (Fsp3) is 0.500. The number of rotatable bonds is 4. The van der Waals surface area contributed by atoms with Crippen LogP contribution in [0.15, 0.2) is 24.3 Å². The van der Waals surface area contributed by atoms with Gasteiger partial charge in [0.2, 0.25) is 0 Å². The van der Waals surface area contributed by atoms with Crippen LogP contribution in [0.5, 0.6) is 0 Å². The van der Waals surface area contributed by atoms with Gasteiger partial charge in [-0.1, -0.05) is 12.1 Å². The summed E-state index contributed by atoms with van der Waals surface area (Å²) in [5, 5.41) is 8.98. The van der Waals surface area contributed by atoms with Gasteiger partial charge in [0, 0.05) is 30.1 Å². The van der Waals surface area contributed by atoms with E-state index >= 15 is 0 Å². The summed E-state index contributed by atoms with van der Waals surface area (Å²) in [6, 6.07) is 6.62. The number of carbonyl (C=O) groups is 1. The van der Waals surface area contributed by atoms with Gasteiger partial charge in [0.15, 0.2) is 0 Å². The Kier molecular flexibility index (Phi) is 4.82. The normalized spacial score (nSPS) is 22.1. The molecule has 1 fully saturated rings. The number of thioether (sulfide) groups is 1. The van der Waals surface area contributed by atoms with Gasteiger partial charge in [-0.05, 0) is 24.6 Å². The highest BCUT2D eigenvalue weighted by atomic mass is 32.2. The molecule has 1 aromatic carbocycles. The van der Waals surface area contributed by atoms with Gasteiger partial charge in [-0.2, -0.15) is 11.8 Å². The Bertz CT molecular complexity index is 455. The molecular formula is C14H18FNO2S. The summed E-state index contributed by atoms with van der Waals surface area (Å²) in [5.74, 6) is 0.802. The summed E-state index contributed by atoms with van der Waals surface area (Å²) < 4.78 is 13.3. The lowest BCUT2D eigenvalue weighted by Crippen LogP contribution is -2.44. The maximum Gasteiger partial charge on any atom is 0.304 e. The highest BCUT2D eigenvalue weighted by Crippen LogP contribution is 2.29. The van der Waals surface area contributed by atoms with Crippen molar-refractivity contribution in [2.45, 2.75) is 25.4 Å². The number of aliphatic carboxylic acids is 1. The molecular weight excluding hydrogens is 265 g/mol. The zero-order valence-corrected chi connectivity index (χ0v) is 11.7. The van der Waals surface area contributed by atoms with Crippen molar-refractivity contribution >= 4 is 17.7 Å². The molecule has 104 valence electrons. The van der Waals surface area contributed by atoms with E-state index < -0.39 is 5.97 Å². The molecule has 2 atom stereocenters.